The molecule has 1 rings (SSSR count). The molecule has 2 heteroatoms. The number of nitrogens with zero attached hydrogens (tertiary/aromatic N) is 1. The van der Waals surface area contributed by atoms with E-state index in [2.05, 4.69) is 5.16 Å². The fraction of sp³-hybridized carbons (Fsp3) is 0.222. The smallest absolute Gasteiger partial charge is 0.0334 e. The van der Waals surface area contributed by atoms with Crippen molar-refractivity contribution in [3.63, 3.8) is 0 Å². The van der Waals surface area contributed by atoms with E-state index in [4.69, 9.17) is 0 Å². The molecule has 0 N–H and O–H groups in total. The Hall–Kier alpha value is -1.31. The molecule has 0 atom stereocenters. The number of benzene rings is 1. The minimum Gasteiger partial charge on any atom is -0.792 e. The average molecular weight is 148 g/mol. The van der Waals surface area contributed by atoms with Gasteiger partial charge in [-0.25, -0.2) is 0 Å². The molecule has 1 aromatic rings. The second-order valence-corrected chi connectivity index (χ2v) is 2.54. The van der Waals surface area contributed by atoms with Crippen molar-refractivity contribution in [3.8, 4) is 0 Å². The van der Waals surface area contributed by atoms with Gasteiger partial charge in [0.1, 0.15) is 0 Å². The van der Waals surface area contributed by atoms with Gasteiger partial charge in [-0.1, -0.05) is 29.8 Å². The topological polar surface area (TPSA) is 35.4 Å². The second kappa shape index (κ2) is 3.19. The number of hydrogen-bond donors (Lipinski definition) is 0. The van der Waals surface area contributed by atoms with Gasteiger partial charge < -0.3 is 10.4 Å². The third kappa shape index (κ3) is 1.80. The molecule has 0 aliphatic heterocycles. The van der Waals surface area contributed by atoms with Crippen molar-refractivity contribution >= 4 is 5.71 Å². The monoisotopic (exact) mass is 148 g/mol. The van der Waals surface area contributed by atoms with Crippen LogP contribution in [0.5, 0.6) is 0 Å². The normalized spacial score (nSPS) is 11.6. The van der Waals surface area contributed by atoms with E-state index in [1.807, 2.05) is 31.2 Å². The maximum Gasteiger partial charge on any atom is 0.0334 e. The van der Waals surface area contributed by atoms with E-state index in [1.54, 1.807) is 6.92 Å². The van der Waals surface area contributed by atoms with Gasteiger partial charge in [-0.2, -0.15) is 0 Å². The van der Waals surface area contributed by atoms with Crippen LogP contribution in [0.1, 0.15) is 18.1 Å². The minimum absolute atomic E-state index is 0.532. The SMILES string of the molecule is C/C(=N/[O-])c1ccc(C)cc1. The molecule has 0 radical (unpaired) electrons. The van der Waals surface area contributed by atoms with Gasteiger partial charge in [-0.15, -0.1) is 0 Å². The summed E-state index contributed by atoms with van der Waals surface area (Å²) in [7, 11) is 0. The molecule has 0 bridgehead atoms. The lowest BCUT2D eigenvalue weighted by molar-refractivity contribution is 1.44. The van der Waals surface area contributed by atoms with E-state index in [0.717, 1.165) is 5.56 Å². The predicted octanol–water partition coefficient (Wildman–Crippen LogP) is 2.30. The quantitative estimate of drug-likeness (QED) is 0.444. The molecule has 0 aliphatic carbocycles. The van der Waals surface area contributed by atoms with Crippen molar-refractivity contribution in [1.82, 2.24) is 0 Å². The molecule has 0 amide bonds. The Labute approximate surface area is 66.2 Å². The number of hydrogen-bond acceptors (Lipinski definition) is 2. The first-order valence-corrected chi connectivity index (χ1v) is 3.48. The van der Waals surface area contributed by atoms with Crippen LogP contribution in [0.25, 0.3) is 0 Å². The standard InChI is InChI=1S/C9H11NO/c1-7-3-5-9(6-4-7)8(2)10-11/h3-6,11H,1-2H3/p-1/b10-8-. The van der Waals surface area contributed by atoms with Crippen molar-refractivity contribution in [2.75, 3.05) is 0 Å². The van der Waals surface area contributed by atoms with Crippen LogP contribution in [0.4, 0.5) is 0 Å². The molecule has 0 unspecified atom stereocenters. The molecule has 58 valence electrons. The Kier molecular flexibility index (Phi) is 2.26. The zero-order valence-electron chi connectivity index (χ0n) is 6.66. The molecule has 0 spiro atoms. The zero-order chi connectivity index (χ0) is 8.27. The predicted molar refractivity (Wildman–Crippen MR) is 46.8 cm³/mol. The van der Waals surface area contributed by atoms with E-state index in [0.29, 0.717) is 5.71 Å². The lowest BCUT2D eigenvalue weighted by Crippen LogP contribution is -1.92. The fourth-order valence-electron chi connectivity index (χ4n) is 0.847. The van der Waals surface area contributed by atoms with Crippen molar-refractivity contribution < 1.29 is 0 Å². The molecule has 0 heterocycles. The first kappa shape index (κ1) is 7.79. The molecular weight excluding hydrogens is 138 g/mol. The van der Waals surface area contributed by atoms with Crippen molar-refractivity contribution in [1.29, 1.82) is 0 Å². The summed E-state index contributed by atoms with van der Waals surface area (Å²) in [5.41, 5.74) is 2.61. The van der Waals surface area contributed by atoms with Crippen LogP contribution in [0, 0.1) is 12.1 Å². The summed E-state index contributed by atoms with van der Waals surface area (Å²) in [5.74, 6) is 0. The zero-order valence-corrected chi connectivity index (χ0v) is 6.66. The van der Waals surface area contributed by atoms with E-state index in [-0.39, 0.29) is 0 Å². The minimum atomic E-state index is 0.532. The fourth-order valence-corrected chi connectivity index (χ4v) is 0.847. The summed E-state index contributed by atoms with van der Waals surface area (Å²) in [6, 6.07) is 7.71. The average Bonchev–Trinajstić information content (AvgIpc) is 2.05. The summed E-state index contributed by atoms with van der Waals surface area (Å²) < 4.78 is 0. The lowest BCUT2D eigenvalue weighted by Gasteiger charge is -2.02. The Balaban J connectivity index is 2.99. The van der Waals surface area contributed by atoms with Crippen LogP contribution in [-0.4, -0.2) is 5.71 Å². The van der Waals surface area contributed by atoms with Gasteiger partial charge in [0.2, 0.25) is 0 Å². The van der Waals surface area contributed by atoms with Gasteiger partial charge in [0.25, 0.3) is 0 Å². The van der Waals surface area contributed by atoms with Crippen molar-refractivity contribution in [2.45, 2.75) is 13.8 Å². The Bertz CT molecular complexity index is 261. The Morgan fingerprint density at radius 3 is 2.27 bits per heavy atom. The van der Waals surface area contributed by atoms with Crippen molar-refractivity contribution in [3.05, 3.63) is 40.6 Å². The summed E-state index contributed by atoms with van der Waals surface area (Å²) in [6.45, 7) is 3.71. The summed E-state index contributed by atoms with van der Waals surface area (Å²) in [6.07, 6.45) is 0. The summed E-state index contributed by atoms with van der Waals surface area (Å²) >= 11 is 0. The van der Waals surface area contributed by atoms with Crippen LogP contribution in [0.3, 0.4) is 0 Å². The number of aryl methyl sites for hydroxylation is 1. The van der Waals surface area contributed by atoms with E-state index in [1.165, 1.54) is 5.56 Å². The highest BCUT2D eigenvalue weighted by atomic mass is 16.4. The third-order valence-corrected chi connectivity index (χ3v) is 1.61. The van der Waals surface area contributed by atoms with Gasteiger partial charge in [-0.3, -0.25) is 0 Å². The largest absolute Gasteiger partial charge is 0.792 e. The Morgan fingerprint density at radius 2 is 1.82 bits per heavy atom. The highest BCUT2D eigenvalue weighted by Crippen LogP contribution is 2.03. The molecule has 0 saturated heterocycles. The highest BCUT2D eigenvalue weighted by molar-refractivity contribution is 5.98. The second-order valence-electron chi connectivity index (χ2n) is 2.54. The summed E-state index contributed by atoms with van der Waals surface area (Å²) in [4.78, 5) is 0. The highest BCUT2D eigenvalue weighted by Gasteiger charge is 1.92. The molecule has 0 aliphatic rings. The van der Waals surface area contributed by atoms with Gasteiger partial charge in [-0.05, 0) is 19.4 Å². The molecule has 11 heavy (non-hydrogen) atoms. The lowest BCUT2D eigenvalue weighted by atomic mass is 10.1. The Morgan fingerprint density at radius 1 is 1.27 bits per heavy atom. The van der Waals surface area contributed by atoms with Crippen LogP contribution in [0.2, 0.25) is 0 Å². The summed E-state index contributed by atoms with van der Waals surface area (Å²) in [5, 5.41) is 13.0. The van der Waals surface area contributed by atoms with Crippen LogP contribution >= 0.6 is 0 Å². The molecular formula is C9H10NO-. The molecule has 0 fully saturated rings. The van der Waals surface area contributed by atoms with Gasteiger partial charge in [0, 0.05) is 5.71 Å². The molecule has 0 saturated carbocycles. The van der Waals surface area contributed by atoms with Gasteiger partial charge in [0.05, 0.1) is 0 Å². The van der Waals surface area contributed by atoms with Crippen LogP contribution in [-0.2, 0) is 0 Å². The van der Waals surface area contributed by atoms with Crippen LogP contribution in [0.15, 0.2) is 29.4 Å². The van der Waals surface area contributed by atoms with E-state index < -0.39 is 0 Å². The third-order valence-electron chi connectivity index (χ3n) is 1.61. The van der Waals surface area contributed by atoms with Crippen molar-refractivity contribution in [2.24, 2.45) is 5.16 Å². The number of rotatable bonds is 1. The van der Waals surface area contributed by atoms with Gasteiger partial charge in [0.15, 0.2) is 0 Å². The van der Waals surface area contributed by atoms with E-state index in [9.17, 15) is 5.21 Å². The van der Waals surface area contributed by atoms with Crippen LogP contribution < -0.4 is 0 Å². The molecule has 0 aromatic heterocycles. The molecule has 2 nitrogen and oxygen atoms in total. The molecule has 1 aromatic carbocycles. The maximum absolute atomic E-state index is 10.1. The van der Waals surface area contributed by atoms with E-state index >= 15 is 0 Å². The first-order chi connectivity index (χ1) is 5.24. The first-order valence-electron chi connectivity index (χ1n) is 3.48. The van der Waals surface area contributed by atoms with Gasteiger partial charge >= 0.3 is 0 Å². The maximum atomic E-state index is 10.1.